The van der Waals surface area contributed by atoms with Crippen molar-refractivity contribution >= 4 is 22.6 Å². The quantitative estimate of drug-likeness (QED) is 0.438. The fraction of sp³-hybridized carbons (Fsp3) is 0.240. The molecule has 4 aromatic rings. The van der Waals surface area contributed by atoms with Crippen LogP contribution in [0.1, 0.15) is 29.7 Å². The van der Waals surface area contributed by atoms with Crippen LogP contribution in [0.15, 0.2) is 60.8 Å². The summed E-state index contributed by atoms with van der Waals surface area (Å²) in [6.07, 6.45) is -1.39. The van der Waals surface area contributed by atoms with Gasteiger partial charge < -0.3 is 5.32 Å². The predicted octanol–water partition coefficient (Wildman–Crippen LogP) is 5.63. The SMILES string of the molecule is Cc1cc(-c2ccc(NC(=O)C3(c4ccc(C(F)(F)F)cc4)CC3)cc2)c2cnn(C)c2n1. The maximum absolute atomic E-state index is 13.0. The Morgan fingerprint density at radius 1 is 1.06 bits per heavy atom. The molecule has 2 aromatic heterocycles. The summed E-state index contributed by atoms with van der Waals surface area (Å²) in [6, 6.07) is 14.4. The lowest BCUT2D eigenvalue weighted by Crippen LogP contribution is -2.27. The van der Waals surface area contributed by atoms with Gasteiger partial charge in [-0.25, -0.2) is 4.98 Å². The van der Waals surface area contributed by atoms with Crippen molar-refractivity contribution < 1.29 is 18.0 Å². The van der Waals surface area contributed by atoms with E-state index in [2.05, 4.69) is 15.4 Å². The minimum Gasteiger partial charge on any atom is -0.325 e. The molecule has 1 amide bonds. The number of nitrogens with zero attached hydrogens (tertiary/aromatic N) is 3. The van der Waals surface area contributed by atoms with Crippen LogP contribution in [0.5, 0.6) is 0 Å². The number of halogens is 3. The molecule has 0 radical (unpaired) electrons. The van der Waals surface area contributed by atoms with Crippen LogP contribution in [-0.2, 0) is 23.4 Å². The monoisotopic (exact) mass is 450 g/mol. The molecule has 1 N–H and O–H groups in total. The number of carbonyl (C=O) groups is 1. The standard InChI is InChI=1S/C25H21F3N4O/c1-15-13-20(21-14-29-32(2)22(21)30-15)16-3-9-19(10-4-16)31-23(33)24(11-12-24)17-5-7-18(8-6-17)25(26,27)28/h3-10,13-14H,11-12H2,1-2H3,(H,31,33). The Hall–Kier alpha value is -3.68. The molecule has 33 heavy (non-hydrogen) atoms. The van der Waals surface area contributed by atoms with Gasteiger partial charge in [-0.15, -0.1) is 0 Å². The van der Waals surface area contributed by atoms with Crippen molar-refractivity contribution in [2.24, 2.45) is 7.05 Å². The highest BCUT2D eigenvalue weighted by Gasteiger charge is 2.51. The molecular weight excluding hydrogens is 429 g/mol. The second kappa shape index (κ2) is 7.43. The fourth-order valence-electron chi connectivity index (χ4n) is 4.21. The zero-order chi connectivity index (χ0) is 23.4. The number of nitrogens with one attached hydrogen (secondary N) is 1. The van der Waals surface area contributed by atoms with Gasteiger partial charge in [0, 0.05) is 23.8 Å². The highest BCUT2D eigenvalue weighted by molar-refractivity contribution is 6.01. The van der Waals surface area contributed by atoms with Crippen molar-refractivity contribution in [2.45, 2.75) is 31.4 Å². The zero-order valence-electron chi connectivity index (χ0n) is 18.1. The van der Waals surface area contributed by atoms with Gasteiger partial charge in [-0.05, 0) is 66.8 Å². The number of benzene rings is 2. The molecule has 1 aliphatic rings. The van der Waals surface area contributed by atoms with E-state index in [1.807, 2.05) is 44.3 Å². The van der Waals surface area contributed by atoms with Gasteiger partial charge in [0.05, 0.1) is 17.2 Å². The summed E-state index contributed by atoms with van der Waals surface area (Å²) in [4.78, 5) is 17.5. The number of alkyl halides is 3. The number of anilines is 1. The average molecular weight is 450 g/mol. The van der Waals surface area contributed by atoms with E-state index >= 15 is 0 Å². The number of aryl methyl sites for hydroxylation is 2. The lowest BCUT2D eigenvalue weighted by Gasteiger charge is -2.17. The third kappa shape index (κ3) is 3.75. The van der Waals surface area contributed by atoms with Gasteiger partial charge in [-0.3, -0.25) is 9.48 Å². The van der Waals surface area contributed by atoms with Crippen LogP contribution in [0.4, 0.5) is 18.9 Å². The molecule has 1 aliphatic carbocycles. The van der Waals surface area contributed by atoms with E-state index in [-0.39, 0.29) is 5.91 Å². The van der Waals surface area contributed by atoms with Crippen molar-refractivity contribution in [3.63, 3.8) is 0 Å². The van der Waals surface area contributed by atoms with Crippen molar-refractivity contribution in [1.29, 1.82) is 0 Å². The molecule has 0 unspecified atom stereocenters. The first-order chi connectivity index (χ1) is 15.7. The molecule has 0 spiro atoms. The van der Waals surface area contributed by atoms with Crippen molar-refractivity contribution in [2.75, 3.05) is 5.32 Å². The minimum atomic E-state index is -4.39. The number of hydrogen-bond acceptors (Lipinski definition) is 3. The number of aromatic nitrogens is 3. The van der Waals surface area contributed by atoms with Crippen LogP contribution in [-0.4, -0.2) is 20.7 Å². The number of rotatable bonds is 4. The molecule has 0 saturated heterocycles. The highest BCUT2D eigenvalue weighted by Crippen LogP contribution is 2.49. The normalized spacial score (nSPS) is 14.9. The molecule has 2 aromatic carbocycles. The summed E-state index contributed by atoms with van der Waals surface area (Å²) in [7, 11) is 1.85. The van der Waals surface area contributed by atoms with Crippen molar-refractivity contribution in [3.8, 4) is 11.1 Å². The molecule has 5 nitrogen and oxygen atoms in total. The average Bonchev–Trinajstić information content (AvgIpc) is 3.52. The zero-order valence-corrected chi connectivity index (χ0v) is 18.1. The molecular formula is C25H21F3N4O. The Bertz CT molecular complexity index is 1350. The first-order valence-corrected chi connectivity index (χ1v) is 10.6. The lowest BCUT2D eigenvalue weighted by molar-refractivity contribution is -0.137. The molecule has 1 fully saturated rings. The largest absolute Gasteiger partial charge is 0.416 e. The van der Waals surface area contributed by atoms with Gasteiger partial charge in [-0.1, -0.05) is 24.3 Å². The fourth-order valence-corrected chi connectivity index (χ4v) is 4.21. The van der Waals surface area contributed by atoms with E-state index in [0.29, 0.717) is 24.1 Å². The van der Waals surface area contributed by atoms with Crippen LogP contribution in [0.25, 0.3) is 22.2 Å². The Balaban J connectivity index is 1.36. The first-order valence-electron chi connectivity index (χ1n) is 10.6. The van der Waals surface area contributed by atoms with Gasteiger partial charge in [-0.2, -0.15) is 18.3 Å². The van der Waals surface area contributed by atoms with Gasteiger partial charge in [0.15, 0.2) is 5.65 Å². The summed E-state index contributed by atoms with van der Waals surface area (Å²) < 4.78 is 40.3. The number of fused-ring (bicyclic) bond motifs is 1. The van der Waals surface area contributed by atoms with Gasteiger partial charge in [0.2, 0.25) is 5.91 Å². The van der Waals surface area contributed by atoms with Gasteiger partial charge in [0.25, 0.3) is 0 Å². The van der Waals surface area contributed by atoms with E-state index in [4.69, 9.17) is 0 Å². The predicted molar refractivity (Wildman–Crippen MR) is 120 cm³/mol. The highest BCUT2D eigenvalue weighted by atomic mass is 19.4. The Kier molecular flexibility index (Phi) is 4.77. The number of amides is 1. The van der Waals surface area contributed by atoms with E-state index in [1.54, 1.807) is 10.9 Å². The molecule has 8 heteroatoms. The molecule has 168 valence electrons. The van der Waals surface area contributed by atoms with E-state index in [1.165, 1.54) is 12.1 Å². The topological polar surface area (TPSA) is 59.8 Å². The Labute approximate surface area is 188 Å². The molecule has 1 saturated carbocycles. The number of hydrogen-bond donors (Lipinski definition) is 1. The maximum atomic E-state index is 13.0. The molecule has 0 bridgehead atoms. The Morgan fingerprint density at radius 2 is 1.73 bits per heavy atom. The van der Waals surface area contributed by atoms with Crippen LogP contribution >= 0.6 is 0 Å². The molecule has 5 rings (SSSR count). The summed E-state index contributed by atoms with van der Waals surface area (Å²) in [5.74, 6) is -0.204. The van der Waals surface area contributed by atoms with Crippen LogP contribution in [0.2, 0.25) is 0 Å². The second-order valence-electron chi connectivity index (χ2n) is 8.51. The number of carbonyl (C=O) groups excluding carboxylic acids is 1. The molecule has 0 atom stereocenters. The van der Waals surface area contributed by atoms with Gasteiger partial charge >= 0.3 is 6.18 Å². The summed E-state index contributed by atoms with van der Waals surface area (Å²) in [6.45, 7) is 1.93. The van der Waals surface area contributed by atoms with Crippen molar-refractivity contribution in [3.05, 3.63) is 77.6 Å². The second-order valence-corrected chi connectivity index (χ2v) is 8.51. The van der Waals surface area contributed by atoms with Crippen LogP contribution in [0.3, 0.4) is 0 Å². The van der Waals surface area contributed by atoms with E-state index < -0.39 is 17.2 Å². The number of pyridine rings is 1. The van der Waals surface area contributed by atoms with Crippen LogP contribution < -0.4 is 5.32 Å². The molecule has 2 heterocycles. The van der Waals surface area contributed by atoms with Gasteiger partial charge in [0.1, 0.15) is 0 Å². The summed E-state index contributed by atoms with van der Waals surface area (Å²) >= 11 is 0. The van der Waals surface area contributed by atoms with E-state index in [9.17, 15) is 18.0 Å². The summed E-state index contributed by atoms with van der Waals surface area (Å²) in [5.41, 5.74) is 3.41. The lowest BCUT2D eigenvalue weighted by atomic mass is 9.93. The maximum Gasteiger partial charge on any atom is 0.416 e. The third-order valence-corrected chi connectivity index (χ3v) is 6.24. The third-order valence-electron chi connectivity index (χ3n) is 6.24. The molecule has 0 aliphatic heterocycles. The summed E-state index contributed by atoms with van der Waals surface area (Å²) in [5, 5.41) is 8.17. The first kappa shape index (κ1) is 21.2. The minimum absolute atomic E-state index is 0.204. The van der Waals surface area contributed by atoms with Crippen molar-refractivity contribution in [1.82, 2.24) is 14.8 Å². The van der Waals surface area contributed by atoms with E-state index in [0.717, 1.165) is 40.0 Å². The van der Waals surface area contributed by atoms with Crippen LogP contribution in [0, 0.1) is 6.92 Å². The Morgan fingerprint density at radius 3 is 2.33 bits per heavy atom. The smallest absolute Gasteiger partial charge is 0.325 e.